The summed E-state index contributed by atoms with van der Waals surface area (Å²) in [5.41, 5.74) is 0. The van der Waals surface area contributed by atoms with Crippen molar-refractivity contribution >= 4 is 17.6 Å². The van der Waals surface area contributed by atoms with Gasteiger partial charge in [-0.3, -0.25) is 9.69 Å². The van der Waals surface area contributed by atoms with E-state index in [1.165, 1.54) is 0 Å². The minimum atomic E-state index is -0.701. The summed E-state index contributed by atoms with van der Waals surface area (Å²) in [7, 11) is 0. The average Bonchev–Trinajstić information content (AvgIpc) is 2.78. The van der Waals surface area contributed by atoms with Crippen molar-refractivity contribution in [3.05, 3.63) is 29.3 Å². The largest absolute Gasteiger partial charge is 0.492 e. The van der Waals surface area contributed by atoms with Crippen molar-refractivity contribution in [1.29, 1.82) is 0 Å². The zero-order chi connectivity index (χ0) is 13.0. The number of carbonyl (C=O) groups is 1. The fraction of sp³-hybridized carbons (Fsp3) is 0.462. The number of halogens is 1. The number of hydrogen-bond donors (Lipinski definition) is 1. The molecule has 0 aromatic heterocycles. The van der Waals surface area contributed by atoms with Gasteiger partial charge in [-0.15, -0.1) is 0 Å². The van der Waals surface area contributed by atoms with Crippen LogP contribution < -0.4 is 4.74 Å². The fourth-order valence-electron chi connectivity index (χ4n) is 2.09. The lowest BCUT2D eigenvalue weighted by molar-refractivity contribution is -0.141. The highest BCUT2D eigenvalue weighted by molar-refractivity contribution is 6.30. The topological polar surface area (TPSA) is 49.8 Å². The molecule has 1 saturated heterocycles. The monoisotopic (exact) mass is 269 g/mol. The summed E-state index contributed by atoms with van der Waals surface area (Å²) in [6, 6.07) is 7.27. The standard InChI is InChI=1S/C13H16ClNO3/c14-11-2-1-3-12(8-11)18-7-6-15-5-4-10(9-15)13(16)17/h1-3,8,10H,4-7,9H2,(H,16,17). The van der Waals surface area contributed by atoms with E-state index in [0.717, 1.165) is 25.3 Å². The van der Waals surface area contributed by atoms with Crippen LogP contribution in [-0.2, 0) is 4.79 Å². The van der Waals surface area contributed by atoms with E-state index in [0.29, 0.717) is 18.2 Å². The molecule has 5 heteroatoms. The van der Waals surface area contributed by atoms with Gasteiger partial charge in [0.25, 0.3) is 0 Å². The molecule has 0 aliphatic carbocycles. The van der Waals surface area contributed by atoms with Crippen LogP contribution >= 0.6 is 11.6 Å². The summed E-state index contributed by atoms with van der Waals surface area (Å²) in [6.45, 7) is 2.74. The molecule has 0 radical (unpaired) electrons. The van der Waals surface area contributed by atoms with Gasteiger partial charge in [0.15, 0.2) is 0 Å². The van der Waals surface area contributed by atoms with Crippen molar-refractivity contribution < 1.29 is 14.6 Å². The molecule has 1 aliphatic heterocycles. The molecule has 18 heavy (non-hydrogen) atoms. The number of nitrogens with zero attached hydrogens (tertiary/aromatic N) is 1. The lowest BCUT2D eigenvalue weighted by Crippen LogP contribution is -2.27. The van der Waals surface area contributed by atoms with Crippen molar-refractivity contribution in [3.8, 4) is 5.75 Å². The molecule has 1 N–H and O–H groups in total. The molecule has 1 aromatic carbocycles. The van der Waals surface area contributed by atoms with Crippen LogP contribution in [0.5, 0.6) is 5.75 Å². The van der Waals surface area contributed by atoms with Crippen LogP contribution in [0, 0.1) is 5.92 Å². The Hall–Kier alpha value is -1.26. The van der Waals surface area contributed by atoms with E-state index in [9.17, 15) is 4.79 Å². The number of carboxylic acids is 1. The number of benzene rings is 1. The predicted molar refractivity (Wildman–Crippen MR) is 69.1 cm³/mol. The summed E-state index contributed by atoms with van der Waals surface area (Å²) in [5, 5.41) is 9.54. The minimum Gasteiger partial charge on any atom is -0.492 e. The second-order valence-corrected chi connectivity index (χ2v) is 4.87. The van der Waals surface area contributed by atoms with Crippen molar-refractivity contribution in [3.63, 3.8) is 0 Å². The van der Waals surface area contributed by atoms with Crippen LogP contribution in [0.2, 0.25) is 5.02 Å². The van der Waals surface area contributed by atoms with E-state index in [-0.39, 0.29) is 5.92 Å². The average molecular weight is 270 g/mol. The van der Waals surface area contributed by atoms with Crippen LogP contribution in [0.3, 0.4) is 0 Å². The Morgan fingerprint density at radius 3 is 3.06 bits per heavy atom. The highest BCUT2D eigenvalue weighted by Gasteiger charge is 2.27. The molecule has 2 rings (SSSR count). The third-order valence-electron chi connectivity index (χ3n) is 3.09. The Kier molecular flexibility index (Phi) is 4.44. The second kappa shape index (κ2) is 6.07. The molecular formula is C13H16ClNO3. The molecule has 0 saturated carbocycles. The second-order valence-electron chi connectivity index (χ2n) is 4.43. The van der Waals surface area contributed by atoms with Gasteiger partial charge >= 0.3 is 5.97 Å². The normalized spacial score (nSPS) is 19.9. The summed E-state index contributed by atoms with van der Waals surface area (Å²) in [4.78, 5) is 12.9. The summed E-state index contributed by atoms with van der Waals surface area (Å²) >= 11 is 5.85. The van der Waals surface area contributed by atoms with Crippen molar-refractivity contribution in [1.82, 2.24) is 4.90 Å². The van der Waals surface area contributed by atoms with Gasteiger partial charge < -0.3 is 9.84 Å². The molecule has 1 aromatic rings. The number of ether oxygens (including phenoxy) is 1. The van der Waals surface area contributed by atoms with Crippen molar-refractivity contribution in [2.75, 3.05) is 26.2 Å². The number of aliphatic carboxylic acids is 1. The van der Waals surface area contributed by atoms with Gasteiger partial charge in [-0.2, -0.15) is 0 Å². The Morgan fingerprint density at radius 2 is 2.39 bits per heavy atom. The maximum atomic E-state index is 10.8. The third kappa shape index (κ3) is 3.62. The molecule has 1 atom stereocenters. The van der Waals surface area contributed by atoms with Gasteiger partial charge in [-0.1, -0.05) is 17.7 Å². The number of likely N-dealkylation sites (tertiary alicyclic amines) is 1. The SMILES string of the molecule is O=C(O)C1CCN(CCOc2cccc(Cl)c2)C1. The van der Waals surface area contributed by atoms with Crippen LogP contribution in [-0.4, -0.2) is 42.2 Å². The molecule has 98 valence electrons. The Balaban J connectivity index is 1.72. The smallest absolute Gasteiger partial charge is 0.307 e. The zero-order valence-electron chi connectivity index (χ0n) is 10.0. The Bertz CT molecular complexity index is 424. The van der Waals surface area contributed by atoms with E-state index in [2.05, 4.69) is 4.90 Å². The van der Waals surface area contributed by atoms with E-state index in [1.54, 1.807) is 12.1 Å². The first-order chi connectivity index (χ1) is 8.65. The number of carboxylic acid groups (broad SMARTS) is 1. The van der Waals surface area contributed by atoms with Gasteiger partial charge in [0.2, 0.25) is 0 Å². The third-order valence-corrected chi connectivity index (χ3v) is 3.33. The molecule has 1 unspecified atom stereocenters. The van der Waals surface area contributed by atoms with E-state index in [1.807, 2.05) is 12.1 Å². The first-order valence-corrected chi connectivity index (χ1v) is 6.36. The van der Waals surface area contributed by atoms with Crippen molar-refractivity contribution in [2.45, 2.75) is 6.42 Å². The molecular weight excluding hydrogens is 254 g/mol. The highest BCUT2D eigenvalue weighted by atomic mass is 35.5. The number of hydrogen-bond acceptors (Lipinski definition) is 3. The van der Waals surface area contributed by atoms with Crippen LogP contribution in [0.25, 0.3) is 0 Å². The van der Waals surface area contributed by atoms with Gasteiger partial charge in [0.05, 0.1) is 5.92 Å². The maximum Gasteiger partial charge on any atom is 0.307 e. The highest BCUT2D eigenvalue weighted by Crippen LogP contribution is 2.18. The lowest BCUT2D eigenvalue weighted by atomic mass is 10.1. The van der Waals surface area contributed by atoms with Gasteiger partial charge in [-0.05, 0) is 31.2 Å². The summed E-state index contributed by atoms with van der Waals surface area (Å²) < 4.78 is 5.57. The van der Waals surface area contributed by atoms with Gasteiger partial charge in [0.1, 0.15) is 12.4 Å². The van der Waals surface area contributed by atoms with Gasteiger partial charge in [-0.25, -0.2) is 0 Å². The first-order valence-electron chi connectivity index (χ1n) is 5.98. The first kappa shape index (κ1) is 13.2. The van der Waals surface area contributed by atoms with Crippen molar-refractivity contribution in [2.24, 2.45) is 5.92 Å². The molecule has 0 spiro atoms. The summed E-state index contributed by atoms with van der Waals surface area (Å²) in [5.74, 6) is -0.180. The summed E-state index contributed by atoms with van der Waals surface area (Å²) in [6.07, 6.45) is 0.729. The quantitative estimate of drug-likeness (QED) is 0.890. The van der Waals surface area contributed by atoms with E-state index < -0.39 is 5.97 Å². The van der Waals surface area contributed by atoms with Crippen LogP contribution in [0.15, 0.2) is 24.3 Å². The molecule has 0 amide bonds. The fourth-order valence-corrected chi connectivity index (χ4v) is 2.27. The molecule has 1 heterocycles. The van der Waals surface area contributed by atoms with Crippen LogP contribution in [0.1, 0.15) is 6.42 Å². The van der Waals surface area contributed by atoms with Crippen LogP contribution in [0.4, 0.5) is 0 Å². The van der Waals surface area contributed by atoms with Gasteiger partial charge in [0, 0.05) is 18.1 Å². The minimum absolute atomic E-state index is 0.226. The van der Waals surface area contributed by atoms with E-state index >= 15 is 0 Å². The molecule has 1 aliphatic rings. The maximum absolute atomic E-state index is 10.8. The Morgan fingerprint density at radius 1 is 1.56 bits per heavy atom. The molecule has 4 nitrogen and oxygen atoms in total. The lowest BCUT2D eigenvalue weighted by Gasteiger charge is -2.15. The number of rotatable bonds is 5. The zero-order valence-corrected chi connectivity index (χ0v) is 10.8. The Labute approximate surface area is 111 Å². The van der Waals surface area contributed by atoms with E-state index in [4.69, 9.17) is 21.4 Å². The predicted octanol–water partition coefficient (Wildman–Crippen LogP) is 2.13. The molecule has 1 fully saturated rings. The molecule has 0 bridgehead atoms.